The molecule has 4 heterocycles. The molecule has 0 aliphatic carbocycles. The summed E-state index contributed by atoms with van der Waals surface area (Å²) in [6.45, 7) is 2.01. The molecule has 132 valence electrons. The van der Waals surface area contributed by atoms with E-state index >= 15 is 0 Å². The minimum atomic E-state index is -0.198. The summed E-state index contributed by atoms with van der Waals surface area (Å²) in [5.74, 6) is 0. The molecule has 8 nitrogen and oxygen atoms in total. The Morgan fingerprint density at radius 1 is 1.15 bits per heavy atom. The van der Waals surface area contributed by atoms with Crippen molar-refractivity contribution in [1.82, 2.24) is 35.0 Å². The summed E-state index contributed by atoms with van der Waals surface area (Å²) in [5, 5.41) is 15.2. The van der Waals surface area contributed by atoms with Crippen molar-refractivity contribution >= 4 is 16.7 Å². The summed E-state index contributed by atoms with van der Waals surface area (Å²) in [4.78, 5) is 20.5. The Morgan fingerprint density at radius 2 is 2.07 bits per heavy atom. The fraction of sp³-hybridized carbons (Fsp3) is 0.105. The second-order valence-electron chi connectivity index (χ2n) is 6.22. The minimum absolute atomic E-state index is 0.198. The first kappa shape index (κ1) is 15.4. The van der Waals surface area contributed by atoms with Gasteiger partial charge in [-0.1, -0.05) is 24.3 Å². The second-order valence-corrected chi connectivity index (χ2v) is 6.22. The van der Waals surface area contributed by atoms with Crippen molar-refractivity contribution in [3.8, 4) is 22.5 Å². The van der Waals surface area contributed by atoms with Gasteiger partial charge in [0.05, 0.1) is 28.2 Å². The number of H-pyrrole nitrogens is 2. The van der Waals surface area contributed by atoms with E-state index < -0.39 is 0 Å². The highest BCUT2D eigenvalue weighted by Crippen LogP contribution is 2.27. The van der Waals surface area contributed by atoms with Crippen molar-refractivity contribution in [3.63, 3.8) is 0 Å². The van der Waals surface area contributed by atoms with Crippen LogP contribution in [-0.4, -0.2) is 35.0 Å². The molecule has 5 aromatic rings. The largest absolute Gasteiger partial charge is 0.339 e. The fourth-order valence-electron chi connectivity index (χ4n) is 3.28. The number of benzene rings is 1. The van der Waals surface area contributed by atoms with Crippen LogP contribution >= 0.6 is 0 Å². The highest BCUT2D eigenvalue weighted by molar-refractivity contribution is 5.82. The van der Waals surface area contributed by atoms with Crippen molar-refractivity contribution in [3.05, 3.63) is 64.7 Å². The zero-order valence-corrected chi connectivity index (χ0v) is 14.5. The van der Waals surface area contributed by atoms with E-state index in [4.69, 9.17) is 0 Å². The predicted molar refractivity (Wildman–Crippen MR) is 101 cm³/mol. The summed E-state index contributed by atoms with van der Waals surface area (Å²) in [7, 11) is 0. The van der Waals surface area contributed by atoms with Crippen LogP contribution in [0.25, 0.3) is 39.2 Å². The average Bonchev–Trinajstić information content (AvgIpc) is 3.32. The van der Waals surface area contributed by atoms with Gasteiger partial charge in [0, 0.05) is 17.8 Å². The lowest BCUT2D eigenvalue weighted by molar-refractivity contribution is 0.859. The van der Waals surface area contributed by atoms with Crippen LogP contribution in [0.15, 0.2) is 53.5 Å². The van der Waals surface area contributed by atoms with Crippen LogP contribution in [0.5, 0.6) is 0 Å². The molecular formula is C19H15N7O. The van der Waals surface area contributed by atoms with E-state index in [9.17, 15) is 4.79 Å². The third-order valence-corrected chi connectivity index (χ3v) is 4.58. The quantitative estimate of drug-likeness (QED) is 0.516. The molecule has 27 heavy (non-hydrogen) atoms. The van der Waals surface area contributed by atoms with E-state index in [0.717, 1.165) is 33.5 Å². The number of nitrogens with zero attached hydrogens (tertiary/aromatic N) is 5. The van der Waals surface area contributed by atoms with Gasteiger partial charge in [0.1, 0.15) is 11.2 Å². The Hall–Kier alpha value is -3.81. The molecule has 0 bridgehead atoms. The molecule has 0 spiro atoms. The molecule has 8 heteroatoms. The van der Waals surface area contributed by atoms with Crippen LogP contribution in [0.1, 0.15) is 12.6 Å². The van der Waals surface area contributed by atoms with Gasteiger partial charge in [-0.2, -0.15) is 9.61 Å². The van der Waals surface area contributed by atoms with Crippen LogP contribution in [0.2, 0.25) is 0 Å². The van der Waals surface area contributed by atoms with Gasteiger partial charge in [0.25, 0.3) is 5.56 Å². The first-order valence-corrected chi connectivity index (χ1v) is 8.62. The van der Waals surface area contributed by atoms with E-state index in [1.807, 2.05) is 43.3 Å². The Bertz CT molecular complexity index is 1330. The van der Waals surface area contributed by atoms with Gasteiger partial charge in [-0.05, 0) is 30.7 Å². The number of aryl methyl sites for hydroxylation is 1. The van der Waals surface area contributed by atoms with Crippen LogP contribution in [0.3, 0.4) is 0 Å². The van der Waals surface area contributed by atoms with E-state index in [1.54, 1.807) is 12.3 Å². The maximum Gasteiger partial charge on any atom is 0.274 e. The Balaban J connectivity index is 1.79. The number of aromatic nitrogens is 7. The molecular weight excluding hydrogens is 342 g/mol. The summed E-state index contributed by atoms with van der Waals surface area (Å²) in [5.41, 5.74) is 6.01. The van der Waals surface area contributed by atoms with Crippen LogP contribution in [0.4, 0.5) is 0 Å². The molecule has 2 N–H and O–H groups in total. The van der Waals surface area contributed by atoms with E-state index in [0.29, 0.717) is 17.8 Å². The lowest BCUT2D eigenvalue weighted by atomic mass is 10.1. The molecule has 0 unspecified atom stereocenters. The summed E-state index contributed by atoms with van der Waals surface area (Å²) in [6, 6.07) is 12.9. The van der Waals surface area contributed by atoms with Crippen molar-refractivity contribution in [2.24, 2.45) is 0 Å². The molecule has 4 aromatic heterocycles. The van der Waals surface area contributed by atoms with Gasteiger partial charge in [-0.15, -0.1) is 5.10 Å². The van der Waals surface area contributed by atoms with Crippen LogP contribution < -0.4 is 5.56 Å². The van der Waals surface area contributed by atoms with Gasteiger partial charge in [-0.25, -0.2) is 0 Å². The first-order chi connectivity index (χ1) is 13.2. The lowest BCUT2D eigenvalue weighted by Gasteiger charge is -2.05. The number of rotatable bonds is 3. The maximum absolute atomic E-state index is 12.7. The summed E-state index contributed by atoms with van der Waals surface area (Å²) >= 11 is 0. The smallest absolute Gasteiger partial charge is 0.274 e. The number of fused-ring (bicyclic) bond motifs is 2. The summed E-state index contributed by atoms with van der Waals surface area (Å²) < 4.78 is 1.40. The lowest BCUT2D eigenvalue weighted by Crippen LogP contribution is -2.14. The van der Waals surface area contributed by atoms with Crippen LogP contribution in [-0.2, 0) is 6.42 Å². The van der Waals surface area contributed by atoms with Gasteiger partial charge in [0.15, 0.2) is 0 Å². The molecule has 0 radical (unpaired) electrons. The second kappa shape index (κ2) is 5.87. The fourth-order valence-corrected chi connectivity index (χ4v) is 3.28. The molecule has 0 amide bonds. The van der Waals surface area contributed by atoms with Crippen LogP contribution in [0, 0.1) is 0 Å². The predicted octanol–water partition coefficient (Wildman–Crippen LogP) is 2.59. The van der Waals surface area contributed by atoms with Crippen molar-refractivity contribution in [1.29, 1.82) is 0 Å². The zero-order valence-electron chi connectivity index (χ0n) is 14.5. The zero-order chi connectivity index (χ0) is 18.4. The van der Waals surface area contributed by atoms with Crippen molar-refractivity contribution < 1.29 is 0 Å². The molecule has 0 saturated carbocycles. The number of hydrogen-bond acceptors (Lipinski definition) is 5. The Kier molecular flexibility index (Phi) is 3.36. The molecule has 0 aliphatic rings. The van der Waals surface area contributed by atoms with E-state index in [1.165, 1.54) is 4.52 Å². The average molecular weight is 357 g/mol. The molecule has 0 saturated heterocycles. The number of hydrogen-bond donors (Lipinski definition) is 2. The van der Waals surface area contributed by atoms with Gasteiger partial charge in [0.2, 0.25) is 0 Å². The normalized spacial score (nSPS) is 11.4. The van der Waals surface area contributed by atoms with Gasteiger partial charge < -0.3 is 4.98 Å². The number of pyridine rings is 1. The van der Waals surface area contributed by atoms with E-state index in [-0.39, 0.29) is 5.56 Å². The van der Waals surface area contributed by atoms with Gasteiger partial charge in [-0.3, -0.25) is 14.9 Å². The molecule has 0 aliphatic heterocycles. The minimum Gasteiger partial charge on any atom is -0.339 e. The highest BCUT2D eigenvalue weighted by Gasteiger charge is 2.17. The molecule has 0 fully saturated rings. The topological polar surface area (TPSA) is 105 Å². The van der Waals surface area contributed by atoms with Crippen molar-refractivity contribution in [2.75, 3.05) is 0 Å². The van der Waals surface area contributed by atoms with E-state index in [2.05, 4.69) is 30.5 Å². The molecule has 0 atom stereocenters. The Morgan fingerprint density at radius 3 is 2.89 bits per heavy atom. The SMILES string of the molecule is CCc1nn2c(=O)cc(-c3ccc4[nH]nnc4c3)[nH]c2c1-c1ccccn1. The first-order valence-electron chi connectivity index (χ1n) is 8.62. The van der Waals surface area contributed by atoms with Crippen molar-refractivity contribution in [2.45, 2.75) is 13.3 Å². The maximum atomic E-state index is 12.7. The summed E-state index contributed by atoms with van der Waals surface area (Å²) in [6.07, 6.45) is 2.43. The molecule has 1 aromatic carbocycles. The Labute approximate surface area is 152 Å². The standard InChI is InChI=1S/C19H15N7O/c1-2-12-18(14-5-3-4-8-20-14)19-21-15(10-17(27)26(19)24-12)11-6-7-13-16(9-11)23-25-22-13/h3-10,21H,2H2,1H3,(H,22,23,25). The third-order valence-electron chi connectivity index (χ3n) is 4.58. The third kappa shape index (κ3) is 2.42. The number of nitrogens with one attached hydrogen (secondary N) is 2. The highest BCUT2D eigenvalue weighted by atomic mass is 16.1. The monoisotopic (exact) mass is 357 g/mol. The molecule has 5 rings (SSSR count). The number of aromatic amines is 2. The van der Waals surface area contributed by atoms with Gasteiger partial charge >= 0.3 is 0 Å².